The second-order valence-electron chi connectivity index (χ2n) is 5.56. The predicted molar refractivity (Wildman–Crippen MR) is 81.0 cm³/mol. The Morgan fingerprint density at radius 3 is 2.52 bits per heavy atom. The largest absolute Gasteiger partial charge is 0.491 e. The van der Waals surface area contributed by atoms with Gasteiger partial charge in [0.25, 0.3) is 0 Å². The fourth-order valence-corrected chi connectivity index (χ4v) is 3.52. The van der Waals surface area contributed by atoms with Crippen molar-refractivity contribution in [2.45, 2.75) is 43.8 Å². The van der Waals surface area contributed by atoms with Gasteiger partial charge in [0.1, 0.15) is 5.75 Å². The summed E-state index contributed by atoms with van der Waals surface area (Å²) in [6.07, 6.45) is 1.99. The summed E-state index contributed by atoms with van der Waals surface area (Å²) in [5.41, 5.74) is 0. The van der Waals surface area contributed by atoms with E-state index in [1.165, 1.54) is 4.31 Å². The van der Waals surface area contributed by atoms with E-state index in [1.807, 2.05) is 13.8 Å². The molecule has 118 valence electrons. The van der Waals surface area contributed by atoms with Crippen molar-refractivity contribution in [1.29, 1.82) is 0 Å². The predicted octanol–water partition coefficient (Wildman–Crippen LogP) is 2.27. The molecule has 0 saturated carbocycles. The Kier molecular flexibility index (Phi) is 5.24. The minimum atomic E-state index is -3.47. The number of hydrogen-bond donors (Lipinski definition) is 0. The van der Waals surface area contributed by atoms with Crippen LogP contribution in [0.3, 0.4) is 0 Å². The summed E-state index contributed by atoms with van der Waals surface area (Å²) in [6, 6.07) is 6.54. The smallest absolute Gasteiger partial charge is 0.242 e. The van der Waals surface area contributed by atoms with Gasteiger partial charge in [-0.15, -0.1) is 0 Å². The van der Waals surface area contributed by atoms with Gasteiger partial charge in [-0.05, 0) is 51.0 Å². The molecule has 6 heteroatoms. The van der Waals surface area contributed by atoms with E-state index in [4.69, 9.17) is 9.47 Å². The van der Waals surface area contributed by atoms with E-state index in [1.54, 1.807) is 31.3 Å². The molecule has 0 radical (unpaired) electrons. The number of hydrogen-bond acceptors (Lipinski definition) is 4. The summed E-state index contributed by atoms with van der Waals surface area (Å²) < 4.78 is 37.3. The maximum Gasteiger partial charge on any atom is 0.242 e. The lowest BCUT2D eigenvalue weighted by atomic mass is 10.2. The highest BCUT2D eigenvalue weighted by atomic mass is 32.2. The first kappa shape index (κ1) is 16.3. The van der Waals surface area contributed by atoms with Crippen molar-refractivity contribution in [2.75, 3.05) is 20.2 Å². The zero-order valence-corrected chi connectivity index (χ0v) is 13.6. The second-order valence-corrected chi connectivity index (χ2v) is 7.60. The van der Waals surface area contributed by atoms with Crippen molar-refractivity contribution in [3.63, 3.8) is 0 Å². The lowest BCUT2D eigenvalue weighted by Crippen LogP contribution is -2.34. The highest BCUT2D eigenvalue weighted by Gasteiger charge is 2.26. The average Bonchev–Trinajstić information content (AvgIpc) is 2.91. The lowest BCUT2D eigenvalue weighted by molar-refractivity contribution is 0.0979. The van der Waals surface area contributed by atoms with Gasteiger partial charge in [-0.1, -0.05) is 0 Å². The van der Waals surface area contributed by atoms with Crippen LogP contribution >= 0.6 is 0 Å². The van der Waals surface area contributed by atoms with Gasteiger partial charge < -0.3 is 9.47 Å². The molecule has 1 aromatic carbocycles. The lowest BCUT2D eigenvalue weighted by Gasteiger charge is -2.20. The van der Waals surface area contributed by atoms with Crippen LogP contribution in [0.4, 0.5) is 0 Å². The van der Waals surface area contributed by atoms with Crippen LogP contribution in [0.1, 0.15) is 26.7 Å². The molecule has 1 heterocycles. The highest BCUT2D eigenvalue weighted by molar-refractivity contribution is 7.89. The van der Waals surface area contributed by atoms with Gasteiger partial charge in [-0.3, -0.25) is 0 Å². The van der Waals surface area contributed by atoms with Crippen molar-refractivity contribution in [2.24, 2.45) is 0 Å². The summed E-state index contributed by atoms with van der Waals surface area (Å²) >= 11 is 0. The number of rotatable bonds is 6. The van der Waals surface area contributed by atoms with E-state index in [0.717, 1.165) is 19.4 Å². The van der Waals surface area contributed by atoms with Gasteiger partial charge in [0.15, 0.2) is 0 Å². The standard InChI is InChI=1S/C15H23NO4S/c1-12(2)20-13-6-8-15(9-7-13)21(17,18)16(3)11-14-5-4-10-19-14/h6-9,12,14H,4-5,10-11H2,1-3H3. The maximum atomic E-state index is 12.5. The van der Waals surface area contributed by atoms with Gasteiger partial charge in [-0.2, -0.15) is 4.31 Å². The quantitative estimate of drug-likeness (QED) is 0.808. The molecular weight excluding hydrogens is 290 g/mol. The Hall–Kier alpha value is -1.11. The van der Waals surface area contributed by atoms with E-state index >= 15 is 0 Å². The maximum absolute atomic E-state index is 12.5. The van der Waals surface area contributed by atoms with Crippen molar-refractivity contribution < 1.29 is 17.9 Å². The Labute approximate surface area is 126 Å². The van der Waals surface area contributed by atoms with Crippen molar-refractivity contribution >= 4 is 10.0 Å². The molecular formula is C15H23NO4S. The number of benzene rings is 1. The molecule has 1 aromatic rings. The number of sulfonamides is 1. The van der Waals surface area contributed by atoms with Crippen LogP contribution in [0.25, 0.3) is 0 Å². The Morgan fingerprint density at radius 1 is 1.33 bits per heavy atom. The zero-order chi connectivity index (χ0) is 15.5. The first-order valence-corrected chi connectivity index (χ1v) is 8.68. The van der Waals surface area contributed by atoms with Crippen LogP contribution in [-0.4, -0.2) is 45.1 Å². The summed E-state index contributed by atoms with van der Waals surface area (Å²) in [4.78, 5) is 0.277. The van der Waals surface area contributed by atoms with E-state index in [2.05, 4.69) is 0 Å². The van der Waals surface area contributed by atoms with Crippen molar-refractivity contribution in [1.82, 2.24) is 4.31 Å². The summed E-state index contributed by atoms with van der Waals surface area (Å²) in [5, 5.41) is 0. The highest BCUT2D eigenvalue weighted by Crippen LogP contribution is 2.21. The van der Waals surface area contributed by atoms with Crippen LogP contribution in [0.2, 0.25) is 0 Å². The summed E-state index contributed by atoms with van der Waals surface area (Å²) in [5.74, 6) is 0.672. The normalized spacial score (nSPS) is 19.4. The Balaban J connectivity index is 2.07. The fraction of sp³-hybridized carbons (Fsp3) is 0.600. The third-order valence-electron chi connectivity index (χ3n) is 3.39. The van der Waals surface area contributed by atoms with Crippen LogP contribution in [0, 0.1) is 0 Å². The molecule has 0 bridgehead atoms. The Morgan fingerprint density at radius 2 is 2.00 bits per heavy atom. The third-order valence-corrected chi connectivity index (χ3v) is 5.23. The SMILES string of the molecule is CC(C)Oc1ccc(S(=O)(=O)N(C)CC2CCCO2)cc1. The molecule has 2 rings (SSSR count). The Bertz CT molecular complexity index is 548. The number of nitrogens with zero attached hydrogens (tertiary/aromatic N) is 1. The average molecular weight is 313 g/mol. The molecule has 1 aliphatic rings. The molecule has 1 saturated heterocycles. The molecule has 21 heavy (non-hydrogen) atoms. The molecule has 0 N–H and O–H groups in total. The molecule has 0 aromatic heterocycles. The topological polar surface area (TPSA) is 55.8 Å². The molecule has 0 amide bonds. The first-order chi connectivity index (χ1) is 9.89. The van der Waals surface area contributed by atoms with E-state index in [-0.39, 0.29) is 17.1 Å². The van der Waals surface area contributed by atoms with Gasteiger partial charge in [0.2, 0.25) is 10.0 Å². The number of likely N-dealkylation sites (N-methyl/N-ethyl adjacent to an activating group) is 1. The monoisotopic (exact) mass is 313 g/mol. The van der Waals surface area contributed by atoms with Crippen LogP contribution < -0.4 is 4.74 Å². The van der Waals surface area contributed by atoms with Gasteiger partial charge in [0.05, 0.1) is 17.1 Å². The third kappa shape index (κ3) is 4.18. The van der Waals surface area contributed by atoms with E-state index in [0.29, 0.717) is 12.3 Å². The molecule has 1 unspecified atom stereocenters. The number of ether oxygens (including phenoxy) is 2. The zero-order valence-electron chi connectivity index (χ0n) is 12.8. The van der Waals surface area contributed by atoms with Crippen molar-refractivity contribution in [3.05, 3.63) is 24.3 Å². The molecule has 1 fully saturated rings. The molecule has 5 nitrogen and oxygen atoms in total. The van der Waals surface area contributed by atoms with Gasteiger partial charge in [0, 0.05) is 20.2 Å². The van der Waals surface area contributed by atoms with E-state index < -0.39 is 10.0 Å². The molecule has 1 atom stereocenters. The van der Waals surface area contributed by atoms with Crippen molar-refractivity contribution in [3.8, 4) is 5.75 Å². The van der Waals surface area contributed by atoms with E-state index in [9.17, 15) is 8.42 Å². The molecule has 0 spiro atoms. The molecule has 0 aliphatic carbocycles. The van der Waals surface area contributed by atoms with Gasteiger partial charge in [-0.25, -0.2) is 8.42 Å². The summed E-state index contributed by atoms with van der Waals surface area (Å²) in [7, 11) is -1.88. The van der Waals surface area contributed by atoms with Crippen LogP contribution in [0.15, 0.2) is 29.2 Å². The minimum Gasteiger partial charge on any atom is -0.491 e. The summed E-state index contributed by atoms with van der Waals surface area (Å²) in [6.45, 7) is 4.98. The molecule has 1 aliphatic heterocycles. The van der Waals surface area contributed by atoms with Gasteiger partial charge >= 0.3 is 0 Å². The fourth-order valence-electron chi connectivity index (χ4n) is 2.32. The van der Waals surface area contributed by atoms with Crippen LogP contribution in [-0.2, 0) is 14.8 Å². The second kappa shape index (κ2) is 6.77. The minimum absolute atomic E-state index is 0.00771. The first-order valence-electron chi connectivity index (χ1n) is 7.24. The van der Waals surface area contributed by atoms with Crippen LogP contribution in [0.5, 0.6) is 5.75 Å².